The monoisotopic (exact) mass is 454 g/mol. The summed E-state index contributed by atoms with van der Waals surface area (Å²) in [4.78, 5) is 40.1. The fraction of sp³-hybridized carbons (Fsp3) is 0.259. The van der Waals surface area contributed by atoms with E-state index in [1.165, 1.54) is 30.2 Å². The van der Waals surface area contributed by atoms with E-state index in [2.05, 4.69) is 38.1 Å². The first-order valence-electron chi connectivity index (χ1n) is 11.2. The molecule has 7 heteroatoms. The van der Waals surface area contributed by atoms with Crippen LogP contribution in [-0.4, -0.2) is 23.8 Å². The van der Waals surface area contributed by atoms with Crippen LogP contribution in [-0.2, 0) is 20.4 Å². The minimum Gasteiger partial charge on any atom is -0.494 e. The third-order valence-corrected chi connectivity index (χ3v) is 8.26. The number of nitro groups is 1. The normalized spacial score (nSPS) is 28.4. The lowest BCUT2D eigenvalue weighted by Crippen LogP contribution is -2.59. The molecule has 1 saturated heterocycles. The predicted octanol–water partition coefficient (Wildman–Crippen LogP) is 4.35. The van der Waals surface area contributed by atoms with Crippen molar-refractivity contribution in [2.45, 2.75) is 24.7 Å². The summed E-state index contributed by atoms with van der Waals surface area (Å²) < 4.78 is 5.39. The molecule has 2 bridgehead atoms. The molecule has 1 fully saturated rings. The Kier molecular flexibility index (Phi) is 3.96. The average molecular weight is 454 g/mol. The fourth-order valence-electron chi connectivity index (χ4n) is 6.77. The second-order valence-corrected chi connectivity index (χ2v) is 9.58. The standard InChI is InChI=1S/C27H22N2O5/c1-26-16-8-4-6-10-18(16)27(2,19-11-7-5-9-17(19)26)23-22(26)24(30)28(25(23)31)20-13-12-15(29(32)33)14-21(20)34-3/h4-14,22-23H,1-3H3. The lowest BCUT2D eigenvalue weighted by Gasteiger charge is -2.57. The SMILES string of the molecule is COc1cc([N+](=O)[O-])ccc1N1C(=O)C2C(C1=O)C1(C)c3ccccc3C2(C)c2ccccc21. The zero-order valence-corrected chi connectivity index (χ0v) is 18.9. The van der Waals surface area contributed by atoms with Crippen molar-refractivity contribution in [3.05, 3.63) is 99.1 Å². The van der Waals surface area contributed by atoms with Crippen molar-refractivity contribution in [1.82, 2.24) is 0 Å². The number of nitrogens with zero attached hydrogens (tertiary/aromatic N) is 2. The Morgan fingerprint density at radius 3 is 1.65 bits per heavy atom. The van der Waals surface area contributed by atoms with Crippen molar-refractivity contribution >= 4 is 23.2 Å². The van der Waals surface area contributed by atoms with Gasteiger partial charge < -0.3 is 4.74 Å². The van der Waals surface area contributed by atoms with Gasteiger partial charge in [-0.15, -0.1) is 0 Å². The Labute approximate surface area is 196 Å². The molecule has 0 radical (unpaired) electrons. The van der Waals surface area contributed by atoms with Gasteiger partial charge in [-0.25, -0.2) is 4.90 Å². The minimum absolute atomic E-state index is 0.118. The van der Waals surface area contributed by atoms with E-state index in [0.29, 0.717) is 0 Å². The highest BCUT2D eigenvalue weighted by Crippen LogP contribution is 2.66. The Morgan fingerprint density at radius 1 is 0.824 bits per heavy atom. The second-order valence-electron chi connectivity index (χ2n) is 9.58. The van der Waals surface area contributed by atoms with Gasteiger partial charge in [-0.2, -0.15) is 0 Å². The highest BCUT2D eigenvalue weighted by molar-refractivity contribution is 6.24. The summed E-state index contributed by atoms with van der Waals surface area (Å²) in [6.07, 6.45) is 0. The Balaban J connectivity index is 1.61. The number of amides is 2. The number of carbonyl (C=O) groups excluding carboxylic acids is 2. The number of anilines is 1. The first-order valence-corrected chi connectivity index (χ1v) is 11.2. The number of methoxy groups -OCH3 is 1. The van der Waals surface area contributed by atoms with Crippen LogP contribution in [0.5, 0.6) is 5.75 Å². The average Bonchev–Trinajstić information content (AvgIpc) is 3.13. The van der Waals surface area contributed by atoms with Gasteiger partial charge in [-0.3, -0.25) is 19.7 Å². The number of nitro benzene ring substituents is 1. The lowest BCUT2D eigenvalue weighted by molar-refractivity contribution is -0.384. The number of rotatable bonds is 3. The summed E-state index contributed by atoms with van der Waals surface area (Å²) in [5.41, 5.74) is 2.95. The quantitative estimate of drug-likeness (QED) is 0.334. The van der Waals surface area contributed by atoms with E-state index in [9.17, 15) is 19.7 Å². The summed E-state index contributed by atoms with van der Waals surface area (Å²) in [6, 6.07) is 20.1. The molecule has 2 unspecified atom stereocenters. The first kappa shape index (κ1) is 20.6. The fourth-order valence-corrected chi connectivity index (χ4v) is 6.77. The van der Waals surface area contributed by atoms with Gasteiger partial charge in [0, 0.05) is 16.9 Å². The molecule has 0 saturated carbocycles. The van der Waals surface area contributed by atoms with Crippen molar-refractivity contribution in [3.63, 3.8) is 0 Å². The van der Waals surface area contributed by atoms with Crippen molar-refractivity contribution in [3.8, 4) is 5.75 Å². The van der Waals surface area contributed by atoms with Crippen molar-refractivity contribution in [2.24, 2.45) is 11.8 Å². The van der Waals surface area contributed by atoms with Gasteiger partial charge in [0.2, 0.25) is 11.8 Å². The molecular formula is C27H22N2O5. The number of carbonyl (C=O) groups is 2. The topological polar surface area (TPSA) is 89.8 Å². The van der Waals surface area contributed by atoms with Crippen LogP contribution >= 0.6 is 0 Å². The summed E-state index contributed by atoms with van der Waals surface area (Å²) in [5.74, 6) is -1.70. The molecule has 4 aliphatic rings. The molecule has 170 valence electrons. The third kappa shape index (κ3) is 2.17. The lowest BCUT2D eigenvalue weighted by atomic mass is 9.42. The van der Waals surface area contributed by atoms with Gasteiger partial charge in [0.05, 0.1) is 35.6 Å². The van der Waals surface area contributed by atoms with E-state index >= 15 is 0 Å². The molecule has 0 aromatic heterocycles. The molecule has 0 N–H and O–H groups in total. The predicted molar refractivity (Wildman–Crippen MR) is 125 cm³/mol. The van der Waals surface area contributed by atoms with Crippen LogP contribution < -0.4 is 9.64 Å². The Bertz CT molecular complexity index is 1310. The molecule has 0 spiro atoms. The molecule has 3 aromatic carbocycles. The molecule has 2 amide bonds. The molecule has 7 rings (SSSR count). The van der Waals surface area contributed by atoms with Crippen LogP contribution in [0.3, 0.4) is 0 Å². The molecule has 1 aliphatic heterocycles. The first-order chi connectivity index (χ1) is 16.3. The molecule has 1 heterocycles. The minimum atomic E-state index is -0.689. The van der Waals surface area contributed by atoms with E-state index in [-0.39, 0.29) is 28.9 Å². The zero-order valence-electron chi connectivity index (χ0n) is 18.9. The largest absolute Gasteiger partial charge is 0.494 e. The summed E-state index contributed by atoms with van der Waals surface area (Å²) in [5, 5.41) is 11.3. The van der Waals surface area contributed by atoms with E-state index in [4.69, 9.17) is 4.74 Å². The van der Waals surface area contributed by atoms with Gasteiger partial charge in [0.15, 0.2) is 0 Å². The summed E-state index contributed by atoms with van der Waals surface area (Å²) in [7, 11) is 1.37. The van der Waals surface area contributed by atoms with E-state index in [1.54, 1.807) is 0 Å². The number of benzene rings is 3. The number of imide groups is 1. The van der Waals surface area contributed by atoms with Crippen LogP contribution in [0.25, 0.3) is 0 Å². The van der Waals surface area contributed by atoms with Gasteiger partial charge in [-0.1, -0.05) is 62.4 Å². The number of hydrogen-bond acceptors (Lipinski definition) is 5. The van der Waals surface area contributed by atoms with Crippen molar-refractivity contribution < 1.29 is 19.2 Å². The van der Waals surface area contributed by atoms with E-state index in [1.807, 2.05) is 24.3 Å². The van der Waals surface area contributed by atoms with Crippen LogP contribution in [0.2, 0.25) is 0 Å². The van der Waals surface area contributed by atoms with Gasteiger partial charge >= 0.3 is 0 Å². The van der Waals surface area contributed by atoms with Crippen LogP contribution in [0, 0.1) is 22.0 Å². The van der Waals surface area contributed by atoms with Crippen LogP contribution in [0.15, 0.2) is 66.7 Å². The summed E-state index contributed by atoms with van der Waals surface area (Å²) >= 11 is 0. The number of ether oxygens (including phenoxy) is 1. The van der Waals surface area contributed by atoms with Crippen LogP contribution in [0.4, 0.5) is 11.4 Å². The molecule has 3 aliphatic carbocycles. The maximum Gasteiger partial charge on any atom is 0.273 e. The third-order valence-electron chi connectivity index (χ3n) is 8.26. The molecule has 3 aromatic rings. The number of non-ortho nitro benzene ring substituents is 1. The zero-order chi connectivity index (χ0) is 24.0. The maximum atomic E-state index is 14.1. The number of hydrogen-bond donors (Lipinski definition) is 0. The van der Waals surface area contributed by atoms with Gasteiger partial charge in [-0.05, 0) is 28.3 Å². The van der Waals surface area contributed by atoms with Crippen LogP contribution in [0.1, 0.15) is 36.1 Å². The molecular weight excluding hydrogens is 432 g/mol. The second kappa shape index (κ2) is 6.53. The highest BCUT2D eigenvalue weighted by Gasteiger charge is 2.70. The van der Waals surface area contributed by atoms with E-state index in [0.717, 1.165) is 22.3 Å². The molecule has 7 nitrogen and oxygen atoms in total. The Hall–Kier alpha value is -4.00. The molecule has 2 atom stereocenters. The van der Waals surface area contributed by atoms with E-state index < -0.39 is 27.6 Å². The molecule has 34 heavy (non-hydrogen) atoms. The highest BCUT2D eigenvalue weighted by atomic mass is 16.6. The van der Waals surface area contributed by atoms with Crippen molar-refractivity contribution in [2.75, 3.05) is 12.0 Å². The summed E-state index contributed by atoms with van der Waals surface area (Å²) in [6.45, 7) is 4.12. The van der Waals surface area contributed by atoms with Crippen molar-refractivity contribution in [1.29, 1.82) is 0 Å². The maximum absolute atomic E-state index is 14.1. The smallest absolute Gasteiger partial charge is 0.273 e. The Morgan fingerprint density at radius 2 is 1.26 bits per heavy atom. The van der Waals surface area contributed by atoms with Gasteiger partial charge in [0.25, 0.3) is 5.69 Å². The van der Waals surface area contributed by atoms with Gasteiger partial charge in [0.1, 0.15) is 5.75 Å².